The topological polar surface area (TPSA) is 113 Å². The van der Waals surface area contributed by atoms with Gasteiger partial charge >= 0.3 is 0 Å². The van der Waals surface area contributed by atoms with Crippen molar-refractivity contribution in [1.82, 2.24) is 30.3 Å². The maximum absolute atomic E-state index is 14.1. The number of likely N-dealkylation sites (tertiary alicyclic amines) is 2. The molecule has 3 aliphatic rings. The maximum Gasteiger partial charge on any atom is 0.246 e. The van der Waals surface area contributed by atoms with Crippen LogP contribution in [0.3, 0.4) is 0 Å². The normalized spacial score (nSPS) is 19.3. The summed E-state index contributed by atoms with van der Waals surface area (Å²) in [5.41, 5.74) is 8.30. The van der Waals surface area contributed by atoms with E-state index in [0.29, 0.717) is 25.4 Å². The van der Waals surface area contributed by atoms with Crippen LogP contribution < -0.4 is 20.9 Å². The van der Waals surface area contributed by atoms with Crippen LogP contribution in [0.25, 0.3) is 10.4 Å². The van der Waals surface area contributed by atoms with E-state index >= 15 is 0 Å². The Morgan fingerprint density at radius 3 is 2.29 bits per heavy atom. The van der Waals surface area contributed by atoms with Gasteiger partial charge in [0, 0.05) is 39.8 Å². The van der Waals surface area contributed by atoms with E-state index < -0.39 is 17.5 Å². The van der Waals surface area contributed by atoms with Gasteiger partial charge in [0.1, 0.15) is 12.1 Å². The molecule has 3 saturated heterocycles. The van der Waals surface area contributed by atoms with Crippen molar-refractivity contribution in [3.8, 4) is 10.4 Å². The van der Waals surface area contributed by atoms with Gasteiger partial charge in [0.25, 0.3) is 0 Å². The van der Waals surface area contributed by atoms with Gasteiger partial charge in [-0.25, -0.2) is 4.98 Å². The lowest BCUT2D eigenvalue weighted by Gasteiger charge is -2.37. The molecule has 3 fully saturated rings. The largest absolute Gasteiger partial charge is 0.386 e. The number of nitrogens with zero attached hydrogens (tertiary/aromatic N) is 5. The Labute approximate surface area is 338 Å². The first-order valence-corrected chi connectivity index (χ1v) is 21.5. The van der Waals surface area contributed by atoms with Crippen molar-refractivity contribution in [1.29, 1.82) is 0 Å². The standard InChI is InChI=1S/C44H64N8O3S/c1-30-40(56-29-47-30)34-12-10-31(11-13-34)26-46-42(54)37-9-8-20-52(37)43(55)41(44(2,3)4)48-39(53)28-50-21-18-33(19-22-50)35-14-15-36(45-5)38(25-35)51-23-16-32(17-24-51)27-49(6)7/h10-15,25,29,32-33,37,41,45H,8-9,16-24,26-28H2,1-7H3,(H,46,54)(H,48,53). The van der Waals surface area contributed by atoms with E-state index in [-0.39, 0.29) is 24.3 Å². The Morgan fingerprint density at radius 1 is 0.946 bits per heavy atom. The highest BCUT2D eigenvalue weighted by Crippen LogP contribution is 2.36. The number of carbonyl (C=O) groups excluding carboxylic acids is 3. The maximum atomic E-state index is 14.1. The molecule has 304 valence electrons. The third kappa shape index (κ3) is 10.3. The third-order valence-electron chi connectivity index (χ3n) is 12.0. The number of aromatic nitrogens is 1. The zero-order valence-electron chi connectivity index (χ0n) is 34.7. The van der Waals surface area contributed by atoms with Gasteiger partial charge in [-0.05, 0) is 119 Å². The number of rotatable bonds is 13. The van der Waals surface area contributed by atoms with Crippen molar-refractivity contribution >= 4 is 40.4 Å². The summed E-state index contributed by atoms with van der Waals surface area (Å²) in [4.78, 5) is 55.4. The Kier molecular flexibility index (Phi) is 13.8. The molecule has 3 aliphatic heterocycles. The Bertz CT molecular complexity index is 1790. The van der Waals surface area contributed by atoms with Gasteiger partial charge in [0.2, 0.25) is 17.7 Å². The third-order valence-corrected chi connectivity index (χ3v) is 13.0. The molecule has 3 N–H and O–H groups in total. The van der Waals surface area contributed by atoms with Crippen LogP contribution in [-0.2, 0) is 20.9 Å². The Hall–Kier alpha value is -4.00. The van der Waals surface area contributed by atoms with Crippen LogP contribution in [-0.4, -0.2) is 116 Å². The lowest BCUT2D eigenvalue weighted by molar-refractivity contribution is -0.144. The number of thiazole rings is 1. The van der Waals surface area contributed by atoms with Crippen molar-refractivity contribution in [2.24, 2.45) is 11.3 Å². The minimum Gasteiger partial charge on any atom is -0.386 e. The van der Waals surface area contributed by atoms with Gasteiger partial charge in [0.05, 0.1) is 34.0 Å². The van der Waals surface area contributed by atoms with Crippen LogP contribution >= 0.6 is 11.3 Å². The molecule has 1 aromatic heterocycles. The number of hydrogen-bond acceptors (Lipinski definition) is 9. The van der Waals surface area contributed by atoms with Crippen LogP contribution in [0, 0.1) is 18.3 Å². The van der Waals surface area contributed by atoms with Gasteiger partial charge < -0.3 is 30.7 Å². The minimum absolute atomic E-state index is 0.146. The molecule has 0 spiro atoms. The van der Waals surface area contributed by atoms with Crippen molar-refractivity contribution < 1.29 is 14.4 Å². The fraction of sp³-hybridized carbons (Fsp3) is 0.591. The number of hydrogen-bond donors (Lipinski definition) is 3. The summed E-state index contributed by atoms with van der Waals surface area (Å²) in [7, 11) is 6.34. The van der Waals surface area contributed by atoms with Crippen LogP contribution in [0.1, 0.15) is 82.0 Å². The first-order valence-electron chi connectivity index (χ1n) is 20.6. The minimum atomic E-state index is -0.735. The summed E-state index contributed by atoms with van der Waals surface area (Å²) in [5, 5.41) is 9.60. The second kappa shape index (κ2) is 18.5. The van der Waals surface area contributed by atoms with Crippen molar-refractivity contribution in [2.45, 2.75) is 90.8 Å². The molecule has 3 aromatic rings. The second-order valence-electron chi connectivity index (χ2n) is 17.5. The highest BCUT2D eigenvalue weighted by atomic mass is 32.1. The van der Waals surface area contributed by atoms with Gasteiger partial charge in [0.15, 0.2) is 0 Å². The first-order chi connectivity index (χ1) is 26.8. The SMILES string of the molecule is CNc1ccc(C2CCN(CC(=O)NC(C(=O)N3CCCC3C(=O)NCc3ccc(-c4scnc4C)cc3)C(C)(C)C)CC2)cc1N1CCC(CN(C)C)CC1. The first kappa shape index (κ1) is 41.6. The highest BCUT2D eigenvalue weighted by Gasteiger charge is 2.42. The van der Waals surface area contributed by atoms with Gasteiger partial charge in [-0.3, -0.25) is 19.3 Å². The zero-order valence-corrected chi connectivity index (χ0v) is 35.5. The molecule has 2 aromatic carbocycles. The van der Waals surface area contributed by atoms with E-state index in [4.69, 9.17) is 0 Å². The molecule has 56 heavy (non-hydrogen) atoms. The average molecular weight is 785 g/mol. The van der Waals surface area contributed by atoms with E-state index in [1.54, 1.807) is 16.2 Å². The van der Waals surface area contributed by atoms with Crippen molar-refractivity contribution in [2.75, 3.05) is 77.2 Å². The average Bonchev–Trinajstić information content (AvgIpc) is 3.85. The molecule has 12 heteroatoms. The second-order valence-corrected chi connectivity index (χ2v) is 18.4. The lowest BCUT2D eigenvalue weighted by atomic mass is 9.85. The van der Waals surface area contributed by atoms with E-state index in [1.807, 2.05) is 52.4 Å². The molecule has 4 heterocycles. The molecule has 0 radical (unpaired) electrons. The molecule has 2 atom stereocenters. The number of anilines is 2. The predicted octanol–water partition coefficient (Wildman–Crippen LogP) is 5.96. The number of carbonyl (C=O) groups is 3. The van der Waals surface area contributed by atoms with Crippen LogP contribution in [0.15, 0.2) is 48.0 Å². The van der Waals surface area contributed by atoms with E-state index in [2.05, 4.69) is 80.1 Å². The molecule has 0 bridgehead atoms. The van der Waals surface area contributed by atoms with Crippen molar-refractivity contribution in [3.05, 3.63) is 64.8 Å². The Balaban J connectivity index is 0.999. The summed E-state index contributed by atoms with van der Waals surface area (Å²) in [6.07, 6.45) is 5.76. The van der Waals surface area contributed by atoms with Crippen molar-refractivity contribution in [3.63, 3.8) is 0 Å². The number of aryl methyl sites for hydroxylation is 1. The number of nitrogens with one attached hydrogen (secondary N) is 3. The van der Waals surface area contributed by atoms with E-state index in [0.717, 1.165) is 79.6 Å². The van der Waals surface area contributed by atoms with Gasteiger partial charge in [-0.15, -0.1) is 11.3 Å². The molecule has 6 rings (SSSR count). The summed E-state index contributed by atoms with van der Waals surface area (Å²) >= 11 is 1.62. The van der Waals surface area contributed by atoms with Crippen LogP contribution in [0.4, 0.5) is 11.4 Å². The molecule has 11 nitrogen and oxygen atoms in total. The molecule has 2 unspecified atom stereocenters. The number of piperidine rings is 2. The summed E-state index contributed by atoms with van der Waals surface area (Å²) < 4.78 is 0. The van der Waals surface area contributed by atoms with Crippen LogP contribution in [0.5, 0.6) is 0 Å². The fourth-order valence-corrected chi connectivity index (χ4v) is 9.57. The molecule has 0 saturated carbocycles. The smallest absolute Gasteiger partial charge is 0.246 e. The number of amides is 3. The van der Waals surface area contributed by atoms with E-state index in [1.165, 1.54) is 29.8 Å². The summed E-state index contributed by atoms with van der Waals surface area (Å²) in [6.45, 7) is 14.0. The monoisotopic (exact) mass is 784 g/mol. The fourth-order valence-electron chi connectivity index (χ4n) is 8.76. The lowest BCUT2D eigenvalue weighted by Crippen LogP contribution is -2.58. The summed E-state index contributed by atoms with van der Waals surface area (Å²) in [6, 6.07) is 13.8. The molecular weight excluding hydrogens is 721 g/mol. The van der Waals surface area contributed by atoms with E-state index in [9.17, 15) is 14.4 Å². The quantitative estimate of drug-likeness (QED) is 0.195. The highest BCUT2D eigenvalue weighted by molar-refractivity contribution is 7.13. The van der Waals surface area contributed by atoms with Gasteiger partial charge in [-0.1, -0.05) is 51.1 Å². The Morgan fingerprint density at radius 2 is 1.66 bits per heavy atom. The zero-order chi connectivity index (χ0) is 40.0. The predicted molar refractivity (Wildman–Crippen MR) is 228 cm³/mol. The number of benzene rings is 2. The molecule has 0 aliphatic carbocycles. The molecular formula is C44H64N8O3S. The summed E-state index contributed by atoms with van der Waals surface area (Å²) in [5.74, 6) is 0.711. The van der Waals surface area contributed by atoms with Gasteiger partial charge in [-0.2, -0.15) is 0 Å². The molecule has 3 amide bonds. The van der Waals surface area contributed by atoms with Crippen LogP contribution in [0.2, 0.25) is 0 Å².